The van der Waals surface area contributed by atoms with E-state index in [4.69, 9.17) is 5.73 Å². The van der Waals surface area contributed by atoms with E-state index in [0.717, 1.165) is 19.2 Å². The van der Waals surface area contributed by atoms with Crippen LogP contribution in [0.15, 0.2) is 52.7 Å². The molecule has 154 valence electrons. The SMILES string of the molecule is CN=Nc1c(N)cc(-c2c(F)c(F)c(-c3ccccc3)c(F)c2F)cc1C(=O)OC. The summed E-state index contributed by atoms with van der Waals surface area (Å²) >= 11 is 0. The molecule has 0 fully saturated rings. The summed E-state index contributed by atoms with van der Waals surface area (Å²) in [6.07, 6.45) is 0. The molecule has 0 spiro atoms. The summed E-state index contributed by atoms with van der Waals surface area (Å²) in [5.41, 5.74) is 3.02. The van der Waals surface area contributed by atoms with Gasteiger partial charge in [0.1, 0.15) is 5.69 Å². The number of carbonyl (C=O) groups is 1. The largest absolute Gasteiger partial charge is 0.465 e. The third kappa shape index (κ3) is 3.49. The van der Waals surface area contributed by atoms with Crippen LogP contribution < -0.4 is 5.73 Å². The lowest BCUT2D eigenvalue weighted by molar-refractivity contribution is 0.0601. The van der Waals surface area contributed by atoms with Crippen molar-refractivity contribution in [2.24, 2.45) is 10.2 Å². The average molecular weight is 417 g/mol. The number of nitrogens with two attached hydrogens (primary N) is 1. The molecular weight excluding hydrogens is 402 g/mol. The Labute approximate surface area is 168 Å². The highest BCUT2D eigenvalue weighted by molar-refractivity contribution is 6.00. The first kappa shape index (κ1) is 21.0. The van der Waals surface area contributed by atoms with E-state index in [1.54, 1.807) is 6.07 Å². The fraction of sp³-hybridized carbons (Fsp3) is 0.0952. The number of methoxy groups -OCH3 is 1. The molecule has 0 amide bonds. The van der Waals surface area contributed by atoms with Crippen LogP contribution in [0.4, 0.5) is 28.9 Å². The second kappa shape index (κ2) is 8.32. The highest BCUT2D eigenvalue weighted by atomic mass is 19.2. The van der Waals surface area contributed by atoms with Crippen LogP contribution in [0.1, 0.15) is 10.4 Å². The van der Waals surface area contributed by atoms with Gasteiger partial charge in [-0.3, -0.25) is 0 Å². The van der Waals surface area contributed by atoms with Crippen LogP contribution >= 0.6 is 0 Å². The zero-order valence-corrected chi connectivity index (χ0v) is 15.8. The van der Waals surface area contributed by atoms with E-state index in [1.807, 2.05) is 0 Å². The van der Waals surface area contributed by atoms with Crippen molar-refractivity contribution in [1.29, 1.82) is 0 Å². The van der Waals surface area contributed by atoms with Gasteiger partial charge in [-0.25, -0.2) is 22.4 Å². The lowest BCUT2D eigenvalue weighted by Crippen LogP contribution is -2.07. The Bertz CT molecular complexity index is 1140. The standard InChI is InChI=1S/C21H15F4N3O2/c1-27-28-20-12(21(29)30-2)8-11(9-13(20)26)15-18(24)16(22)14(17(23)19(15)25)10-6-4-3-5-7-10/h3-9H,26H2,1-2H3. The van der Waals surface area contributed by atoms with Gasteiger partial charge in [0.05, 0.1) is 29.5 Å². The molecule has 2 N–H and O–H groups in total. The predicted molar refractivity (Wildman–Crippen MR) is 103 cm³/mol. The number of hydrogen-bond acceptors (Lipinski definition) is 5. The maximum atomic E-state index is 14.9. The first-order valence-electron chi connectivity index (χ1n) is 8.55. The summed E-state index contributed by atoms with van der Waals surface area (Å²) in [6, 6.07) is 9.20. The number of azo groups is 1. The highest BCUT2D eigenvalue weighted by Gasteiger charge is 2.28. The van der Waals surface area contributed by atoms with Gasteiger partial charge in [0.15, 0.2) is 23.3 Å². The van der Waals surface area contributed by atoms with Crippen LogP contribution in [0.2, 0.25) is 0 Å². The molecule has 0 atom stereocenters. The Hall–Kier alpha value is -3.75. The lowest BCUT2D eigenvalue weighted by atomic mass is 9.95. The van der Waals surface area contributed by atoms with E-state index in [1.165, 1.54) is 31.3 Å². The van der Waals surface area contributed by atoms with Crippen LogP contribution in [0, 0.1) is 23.3 Å². The number of rotatable bonds is 4. The van der Waals surface area contributed by atoms with Crippen molar-refractivity contribution < 1.29 is 27.1 Å². The Morgan fingerprint density at radius 3 is 1.93 bits per heavy atom. The van der Waals surface area contributed by atoms with Crippen molar-refractivity contribution in [1.82, 2.24) is 0 Å². The molecule has 3 aromatic rings. The molecule has 0 aromatic heterocycles. The maximum absolute atomic E-state index is 14.9. The fourth-order valence-corrected chi connectivity index (χ4v) is 3.02. The van der Waals surface area contributed by atoms with Gasteiger partial charge in [-0.1, -0.05) is 30.3 Å². The van der Waals surface area contributed by atoms with Crippen LogP contribution in [-0.4, -0.2) is 20.1 Å². The van der Waals surface area contributed by atoms with Crippen molar-refractivity contribution in [3.05, 3.63) is 71.3 Å². The Morgan fingerprint density at radius 1 is 0.900 bits per heavy atom. The quantitative estimate of drug-likeness (QED) is 0.196. The summed E-state index contributed by atoms with van der Waals surface area (Å²) < 4.78 is 63.9. The van der Waals surface area contributed by atoms with E-state index >= 15 is 0 Å². The molecule has 0 saturated carbocycles. The monoisotopic (exact) mass is 417 g/mol. The highest BCUT2D eigenvalue weighted by Crippen LogP contribution is 2.40. The van der Waals surface area contributed by atoms with Gasteiger partial charge in [0.25, 0.3) is 0 Å². The molecule has 0 aliphatic heterocycles. The number of halogens is 4. The summed E-state index contributed by atoms with van der Waals surface area (Å²) in [5, 5.41) is 7.23. The van der Waals surface area contributed by atoms with Crippen molar-refractivity contribution >= 4 is 17.3 Å². The van der Waals surface area contributed by atoms with Crippen LogP contribution in [0.3, 0.4) is 0 Å². The first-order chi connectivity index (χ1) is 14.3. The molecule has 0 saturated heterocycles. The summed E-state index contributed by atoms with van der Waals surface area (Å²) in [5.74, 6) is -7.34. The molecule has 3 aromatic carbocycles. The van der Waals surface area contributed by atoms with Gasteiger partial charge < -0.3 is 10.5 Å². The number of nitrogen functional groups attached to an aromatic ring is 1. The minimum Gasteiger partial charge on any atom is -0.465 e. The van der Waals surface area contributed by atoms with E-state index < -0.39 is 40.4 Å². The Kier molecular flexibility index (Phi) is 5.81. The Morgan fingerprint density at radius 2 is 1.43 bits per heavy atom. The maximum Gasteiger partial charge on any atom is 0.340 e. The molecule has 0 aliphatic rings. The molecule has 30 heavy (non-hydrogen) atoms. The molecule has 9 heteroatoms. The summed E-state index contributed by atoms with van der Waals surface area (Å²) in [6.45, 7) is 0. The third-order valence-corrected chi connectivity index (χ3v) is 4.36. The van der Waals surface area contributed by atoms with E-state index in [2.05, 4.69) is 15.0 Å². The van der Waals surface area contributed by atoms with Gasteiger partial charge >= 0.3 is 5.97 Å². The lowest BCUT2D eigenvalue weighted by Gasteiger charge is -2.14. The zero-order chi connectivity index (χ0) is 22.0. The average Bonchev–Trinajstić information content (AvgIpc) is 2.74. The number of nitrogens with zero attached hydrogens (tertiary/aromatic N) is 2. The smallest absolute Gasteiger partial charge is 0.340 e. The Balaban J connectivity index is 2.32. The normalized spacial score (nSPS) is 11.1. The van der Waals surface area contributed by atoms with Crippen molar-refractivity contribution in [3.8, 4) is 22.3 Å². The van der Waals surface area contributed by atoms with E-state index in [9.17, 15) is 22.4 Å². The van der Waals surface area contributed by atoms with Gasteiger partial charge in [-0.05, 0) is 23.3 Å². The van der Waals surface area contributed by atoms with Gasteiger partial charge in [-0.15, -0.1) is 0 Å². The van der Waals surface area contributed by atoms with E-state index in [-0.39, 0.29) is 28.1 Å². The molecule has 0 bridgehead atoms. The zero-order valence-electron chi connectivity index (χ0n) is 15.8. The van der Waals surface area contributed by atoms with Gasteiger partial charge in [0.2, 0.25) is 0 Å². The molecular formula is C21H15F4N3O2. The number of anilines is 1. The van der Waals surface area contributed by atoms with Crippen molar-refractivity contribution in [3.63, 3.8) is 0 Å². The minimum absolute atomic E-state index is 0.0367. The van der Waals surface area contributed by atoms with Crippen molar-refractivity contribution in [2.75, 3.05) is 19.9 Å². The number of esters is 1. The van der Waals surface area contributed by atoms with Crippen molar-refractivity contribution in [2.45, 2.75) is 0 Å². The van der Waals surface area contributed by atoms with Crippen LogP contribution in [0.5, 0.6) is 0 Å². The summed E-state index contributed by atoms with van der Waals surface area (Å²) in [7, 11) is 2.40. The molecule has 0 aliphatic carbocycles. The number of ether oxygens (including phenoxy) is 1. The number of benzene rings is 3. The van der Waals surface area contributed by atoms with Gasteiger partial charge in [-0.2, -0.15) is 10.2 Å². The predicted octanol–water partition coefficient (Wildman–Crippen LogP) is 5.66. The summed E-state index contributed by atoms with van der Waals surface area (Å²) in [4.78, 5) is 12.1. The third-order valence-electron chi connectivity index (χ3n) is 4.36. The molecule has 0 radical (unpaired) electrons. The number of hydrogen-bond donors (Lipinski definition) is 1. The second-order valence-electron chi connectivity index (χ2n) is 6.13. The van der Waals surface area contributed by atoms with Crippen LogP contribution in [0.25, 0.3) is 22.3 Å². The molecule has 0 heterocycles. The molecule has 5 nitrogen and oxygen atoms in total. The van der Waals surface area contributed by atoms with E-state index in [0.29, 0.717) is 0 Å². The number of carbonyl (C=O) groups excluding carboxylic acids is 1. The fourth-order valence-electron chi connectivity index (χ4n) is 3.02. The van der Waals surface area contributed by atoms with Crippen LogP contribution in [-0.2, 0) is 4.74 Å². The topological polar surface area (TPSA) is 77.0 Å². The first-order valence-corrected chi connectivity index (χ1v) is 8.55. The van der Waals surface area contributed by atoms with Gasteiger partial charge in [0, 0.05) is 7.05 Å². The minimum atomic E-state index is -1.63. The second-order valence-corrected chi connectivity index (χ2v) is 6.13. The molecule has 3 rings (SSSR count). The molecule has 0 unspecified atom stereocenters.